The van der Waals surface area contributed by atoms with Gasteiger partial charge in [-0.05, 0) is 67.9 Å². The monoisotopic (exact) mass is 371 g/mol. The van der Waals surface area contributed by atoms with Crippen molar-refractivity contribution in [3.05, 3.63) is 64.7 Å². The quantitative estimate of drug-likeness (QED) is 0.767. The van der Waals surface area contributed by atoms with Crippen molar-refractivity contribution in [3.63, 3.8) is 0 Å². The summed E-state index contributed by atoms with van der Waals surface area (Å²) in [4.78, 5) is 14.9. The summed E-state index contributed by atoms with van der Waals surface area (Å²) in [7, 11) is 0. The first kappa shape index (κ1) is 18.9. The minimum Gasteiger partial charge on any atom is -0.322 e. The number of anilines is 1. The second-order valence-electron chi connectivity index (χ2n) is 6.72. The summed E-state index contributed by atoms with van der Waals surface area (Å²) >= 11 is 5.87. The summed E-state index contributed by atoms with van der Waals surface area (Å²) in [6.45, 7) is 6.38. The van der Waals surface area contributed by atoms with Crippen molar-refractivity contribution in [2.24, 2.45) is 0 Å². The van der Waals surface area contributed by atoms with Crippen molar-refractivity contribution in [2.75, 3.05) is 25.0 Å². The van der Waals surface area contributed by atoms with Crippen LogP contribution >= 0.6 is 11.6 Å². The van der Waals surface area contributed by atoms with Gasteiger partial charge >= 0.3 is 0 Å². The molecular formula is C21H26ClN3O. The van der Waals surface area contributed by atoms with Crippen molar-refractivity contribution < 1.29 is 4.79 Å². The summed E-state index contributed by atoms with van der Waals surface area (Å²) in [5, 5.41) is 7.13. The van der Waals surface area contributed by atoms with Gasteiger partial charge in [0.2, 0.25) is 0 Å². The fourth-order valence-electron chi connectivity index (χ4n) is 3.49. The van der Waals surface area contributed by atoms with E-state index in [-0.39, 0.29) is 5.91 Å². The molecule has 3 rings (SSSR count). The zero-order chi connectivity index (χ0) is 18.4. The molecule has 0 bridgehead atoms. The highest BCUT2D eigenvalue weighted by atomic mass is 35.5. The lowest BCUT2D eigenvalue weighted by molar-refractivity contribution is 0.102. The first-order valence-corrected chi connectivity index (χ1v) is 9.64. The molecule has 4 nitrogen and oxygen atoms in total. The maximum atomic E-state index is 12.3. The predicted molar refractivity (Wildman–Crippen MR) is 108 cm³/mol. The number of nitrogens with zero attached hydrogens (tertiary/aromatic N) is 1. The summed E-state index contributed by atoms with van der Waals surface area (Å²) in [6.07, 6.45) is 2.57. The Balaban J connectivity index is 1.53. The number of hydrogen-bond acceptors (Lipinski definition) is 3. The minimum absolute atomic E-state index is 0.128. The Kier molecular flexibility index (Phi) is 6.67. The smallest absolute Gasteiger partial charge is 0.255 e. The molecule has 2 aromatic carbocycles. The van der Waals surface area contributed by atoms with Crippen LogP contribution in [0.2, 0.25) is 5.02 Å². The summed E-state index contributed by atoms with van der Waals surface area (Å²) in [6, 6.07) is 15.5. The zero-order valence-electron chi connectivity index (χ0n) is 15.2. The highest BCUT2D eigenvalue weighted by Crippen LogP contribution is 2.17. The van der Waals surface area contributed by atoms with Crippen molar-refractivity contribution >= 4 is 23.2 Å². The highest BCUT2D eigenvalue weighted by molar-refractivity contribution is 6.30. The first-order chi connectivity index (χ1) is 12.7. The van der Waals surface area contributed by atoms with Crippen molar-refractivity contribution in [1.29, 1.82) is 0 Å². The van der Waals surface area contributed by atoms with Gasteiger partial charge in [-0.3, -0.25) is 9.69 Å². The Morgan fingerprint density at radius 3 is 2.81 bits per heavy atom. The molecule has 26 heavy (non-hydrogen) atoms. The van der Waals surface area contributed by atoms with Gasteiger partial charge in [0.25, 0.3) is 5.91 Å². The van der Waals surface area contributed by atoms with Crippen LogP contribution in [0.3, 0.4) is 0 Å². The van der Waals surface area contributed by atoms with Crippen LogP contribution in [0.25, 0.3) is 0 Å². The molecule has 0 spiro atoms. The van der Waals surface area contributed by atoms with Crippen LogP contribution in [-0.4, -0.2) is 36.5 Å². The van der Waals surface area contributed by atoms with Gasteiger partial charge in [0.05, 0.1) is 0 Å². The van der Waals surface area contributed by atoms with E-state index in [9.17, 15) is 4.79 Å². The Bertz CT molecular complexity index is 732. The number of rotatable bonds is 7. The molecule has 0 aromatic heterocycles. The van der Waals surface area contributed by atoms with Crippen LogP contribution in [0, 0.1) is 0 Å². The van der Waals surface area contributed by atoms with Gasteiger partial charge < -0.3 is 10.6 Å². The SMILES string of the molecule is CCN1CCCC1CNCc1cccc(NC(=O)c2ccc(Cl)cc2)c1. The van der Waals surface area contributed by atoms with E-state index in [2.05, 4.69) is 28.5 Å². The van der Waals surface area contributed by atoms with E-state index in [1.165, 1.54) is 24.9 Å². The molecule has 5 heteroatoms. The maximum Gasteiger partial charge on any atom is 0.255 e. The fraction of sp³-hybridized carbons (Fsp3) is 0.381. The van der Waals surface area contributed by atoms with Crippen molar-refractivity contribution in [3.8, 4) is 0 Å². The van der Waals surface area contributed by atoms with E-state index in [1.54, 1.807) is 24.3 Å². The second kappa shape index (κ2) is 9.17. The molecule has 1 unspecified atom stereocenters. The van der Waals surface area contributed by atoms with E-state index in [0.29, 0.717) is 16.6 Å². The van der Waals surface area contributed by atoms with E-state index >= 15 is 0 Å². The topological polar surface area (TPSA) is 44.4 Å². The Hall–Kier alpha value is -1.88. The minimum atomic E-state index is -0.128. The average molecular weight is 372 g/mol. The largest absolute Gasteiger partial charge is 0.322 e. The molecule has 138 valence electrons. The van der Waals surface area contributed by atoms with Gasteiger partial charge in [0, 0.05) is 35.4 Å². The lowest BCUT2D eigenvalue weighted by atomic mass is 10.1. The maximum absolute atomic E-state index is 12.3. The van der Waals surface area contributed by atoms with Crippen LogP contribution in [0.5, 0.6) is 0 Å². The fourth-order valence-corrected chi connectivity index (χ4v) is 3.62. The number of hydrogen-bond donors (Lipinski definition) is 2. The molecule has 1 saturated heterocycles. The van der Waals surface area contributed by atoms with Gasteiger partial charge in [0.1, 0.15) is 0 Å². The van der Waals surface area contributed by atoms with E-state index in [1.807, 2.05) is 18.2 Å². The highest BCUT2D eigenvalue weighted by Gasteiger charge is 2.22. The molecule has 0 saturated carbocycles. The van der Waals surface area contributed by atoms with Gasteiger partial charge in [0.15, 0.2) is 0 Å². The van der Waals surface area contributed by atoms with E-state index < -0.39 is 0 Å². The Morgan fingerprint density at radius 1 is 1.23 bits per heavy atom. The molecule has 2 N–H and O–H groups in total. The third-order valence-electron chi connectivity index (χ3n) is 4.91. The molecule has 1 aliphatic rings. The number of halogens is 1. The predicted octanol–water partition coefficient (Wildman–Crippen LogP) is 4.17. The van der Waals surface area contributed by atoms with Gasteiger partial charge in [-0.2, -0.15) is 0 Å². The Labute approximate surface area is 160 Å². The molecule has 1 atom stereocenters. The lowest BCUT2D eigenvalue weighted by Crippen LogP contribution is -2.37. The zero-order valence-corrected chi connectivity index (χ0v) is 15.9. The third kappa shape index (κ3) is 5.07. The summed E-state index contributed by atoms with van der Waals surface area (Å²) in [5.74, 6) is -0.128. The van der Waals surface area contributed by atoms with Gasteiger partial charge in [-0.25, -0.2) is 0 Å². The van der Waals surface area contributed by atoms with E-state index in [4.69, 9.17) is 11.6 Å². The van der Waals surface area contributed by atoms with Crippen molar-refractivity contribution in [2.45, 2.75) is 32.4 Å². The van der Waals surface area contributed by atoms with Crippen LogP contribution < -0.4 is 10.6 Å². The summed E-state index contributed by atoms with van der Waals surface area (Å²) in [5.41, 5.74) is 2.57. The second-order valence-corrected chi connectivity index (χ2v) is 7.15. The number of amides is 1. The average Bonchev–Trinajstić information content (AvgIpc) is 3.10. The Morgan fingerprint density at radius 2 is 2.04 bits per heavy atom. The van der Waals surface area contributed by atoms with Crippen LogP contribution in [0.4, 0.5) is 5.69 Å². The number of nitrogens with one attached hydrogen (secondary N) is 2. The first-order valence-electron chi connectivity index (χ1n) is 9.26. The molecule has 1 amide bonds. The van der Waals surface area contributed by atoms with Gasteiger partial charge in [-0.1, -0.05) is 30.7 Å². The standard InChI is InChI=1S/C21H26ClN3O/c1-2-25-12-4-7-20(25)15-23-14-16-5-3-6-19(13-16)24-21(26)17-8-10-18(22)11-9-17/h3,5-6,8-11,13,20,23H,2,4,7,12,14-15H2,1H3,(H,24,26). The molecule has 2 aromatic rings. The van der Waals surface area contributed by atoms with E-state index in [0.717, 1.165) is 25.3 Å². The van der Waals surface area contributed by atoms with Crippen LogP contribution in [-0.2, 0) is 6.54 Å². The van der Waals surface area contributed by atoms with Crippen molar-refractivity contribution in [1.82, 2.24) is 10.2 Å². The number of carbonyl (C=O) groups is 1. The molecule has 1 aliphatic heterocycles. The normalized spacial score (nSPS) is 17.4. The number of likely N-dealkylation sites (tertiary alicyclic amines) is 1. The molecule has 1 heterocycles. The molecule has 1 fully saturated rings. The lowest BCUT2D eigenvalue weighted by Gasteiger charge is -2.23. The van der Waals surface area contributed by atoms with Crippen LogP contribution in [0.15, 0.2) is 48.5 Å². The summed E-state index contributed by atoms with van der Waals surface area (Å²) < 4.78 is 0. The number of carbonyl (C=O) groups excluding carboxylic acids is 1. The van der Waals surface area contributed by atoms with Gasteiger partial charge in [-0.15, -0.1) is 0 Å². The number of benzene rings is 2. The number of likely N-dealkylation sites (N-methyl/N-ethyl adjacent to an activating group) is 1. The molecular weight excluding hydrogens is 346 g/mol. The molecule has 0 radical (unpaired) electrons. The third-order valence-corrected chi connectivity index (χ3v) is 5.16. The molecule has 0 aliphatic carbocycles. The van der Waals surface area contributed by atoms with Crippen LogP contribution in [0.1, 0.15) is 35.7 Å².